The van der Waals surface area contributed by atoms with E-state index in [0.29, 0.717) is 11.6 Å². The van der Waals surface area contributed by atoms with Crippen LogP contribution in [0.25, 0.3) is 5.65 Å². The van der Waals surface area contributed by atoms with Gasteiger partial charge in [0, 0.05) is 44.5 Å². The van der Waals surface area contributed by atoms with E-state index < -0.39 is 0 Å². The van der Waals surface area contributed by atoms with Crippen molar-refractivity contribution in [2.45, 2.75) is 32.2 Å². The molecule has 3 aromatic rings. The van der Waals surface area contributed by atoms with Crippen LogP contribution in [-0.4, -0.2) is 62.5 Å². The number of benzene rings is 1. The molecule has 144 valence electrons. The molecule has 28 heavy (non-hydrogen) atoms. The fourth-order valence-electron chi connectivity index (χ4n) is 4.65. The summed E-state index contributed by atoms with van der Waals surface area (Å²) < 4.78 is 1.74. The third kappa shape index (κ3) is 2.98. The number of aromatic nitrogens is 3. The average Bonchev–Trinajstić information content (AvgIpc) is 3.23. The molecule has 1 atom stereocenters. The Morgan fingerprint density at radius 1 is 1.07 bits per heavy atom. The fraction of sp³-hybridized carbons (Fsp3) is 0.409. The second kappa shape index (κ2) is 7.02. The Morgan fingerprint density at radius 2 is 1.86 bits per heavy atom. The molecule has 0 bridgehead atoms. The molecule has 6 heteroatoms. The van der Waals surface area contributed by atoms with Crippen molar-refractivity contribution in [1.29, 1.82) is 0 Å². The van der Waals surface area contributed by atoms with Crippen molar-refractivity contribution in [1.82, 2.24) is 24.4 Å². The van der Waals surface area contributed by atoms with E-state index in [4.69, 9.17) is 0 Å². The highest BCUT2D eigenvalue weighted by molar-refractivity contribution is 5.95. The van der Waals surface area contributed by atoms with Crippen LogP contribution >= 0.6 is 0 Å². The van der Waals surface area contributed by atoms with Gasteiger partial charge < -0.3 is 4.90 Å². The lowest BCUT2D eigenvalue weighted by atomic mass is 9.87. The summed E-state index contributed by atoms with van der Waals surface area (Å²) in [5, 5.41) is 4.27. The highest BCUT2D eigenvalue weighted by Crippen LogP contribution is 2.25. The topological polar surface area (TPSA) is 53.7 Å². The molecule has 1 aromatic carbocycles. The predicted molar refractivity (Wildman–Crippen MR) is 107 cm³/mol. The molecular formula is C22H25N5O. The van der Waals surface area contributed by atoms with E-state index in [1.54, 1.807) is 16.9 Å². The van der Waals surface area contributed by atoms with E-state index >= 15 is 0 Å². The predicted octanol–water partition coefficient (Wildman–Crippen LogP) is 2.35. The summed E-state index contributed by atoms with van der Waals surface area (Å²) in [4.78, 5) is 22.0. The Kier molecular flexibility index (Phi) is 4.36. The maximum Gasteiger partial charge on any atom is 0.257 e. The third-order valence-corrected chi connectivity index (χ3v) is 6.33. The van der Waals surface area contributed by atoms with Crippen molar-refractivity contribution in [2.75, 3.05) is 26.2 Å². The summed E-state index contributed by atoms with van der Waals surface area (Å²) in [6, 6.07) is 11.3. The number of carbonyl (C=O) groups is 1. The van der Waals surface area contributed by atoms with Crippen LogP contribution in [-0.2, 0) is 12.8 Å². The Morgan fingerprint density at radius 3 is 2.68 bits per heavy atom. The number of piperazine rings is 1. The zero-order valence-electron chi connectivity index (χ0n) is 16.2. The Bertz CT molecular complexity index is 1020. The lowest BCUT2D eigenvalue weighted by Gasteiger charge is -2.41. The first kappa shape index (κ1) is 17.4. The normalized spacial score (nSPS) is 20.3. The number of hydrogen-bond acceptors (Lipinski definition) is 4. The highest BCUT2D eigenvalue weighted by Gasteiger charge is 2.29. The number of aryl methyl sites for hydroxylation is 2. The van der Waals surface area contributed by atoms with Crippen molar-refractivity contribution in [3.05, 3.63) is 65.1 Å². The van der Waals surface area contributed by atoms with Crippen LogP contribution in [0.15, 0.2) is 42.7 Å². The highest BCUT2D eigenvalue weighted by atomic mass is 16.2. The summed E-state index contributed by atoms with van der Waals surface area (Å²) in [6.07, 6.45) is 6.91. The van der Waals surface area contributed by atoms with Gasteiger partial charge in [-0.25, -0.2) is 9.50 Å². The van der Waals surface area contributed by atoms with Crippen LogP contribution in [0.3, 0.4) is 0 Å². The Labute approximate surface area is 164 Å². The van der Waals surface area contributed by atoms with Gasteiger partial charge in [-0.1, -0.05) is 24.3 Å². The smallest absolute Gasteiger partial charge is 0.257 e. The maximum absolute atomic E-state index is 13.1. The van der Waals surface area contributed by atoms with Crippen molar-refractivity contribution in [2.24, 2.45) is 0 Å². The second-order valence-electron chi connectivity index (χ2n) is 7.85. The second-order valence-corrected chi connectivity index (χ2v) is 7.85. The number of carbonyl (C=O) groups excluding carboxylic acids is 1. The molecule has 1 fully saturated rings. The molecule has 0 spiro atoms. The third-order valence-electron chi connectivity index (χ3n) is 6.33. The van der Waals surface area contributed by atoms with Crippen LogP contribution < -0.4 is 0 Å². The number of hydrogen-bond donors (Lipinski definition) is 0. The van der Waals surface area contributed by atoms with Crippen LogP contribution in [0.1, 0.15) is 33.6 Å². The van der Waals surface area contributed by atoms with Gasteiger partial charge in [-0.2, -0.15) is 5.10 Å². The number of rotatable bonds is 2. The lowest BCUT2D eigenvalue weighted by molar-refractivity contribution is 0.0551. The summed E-state index contributed by atoms with van der Waals surface area (Å²) in [6.45, 7) is 5.36. The van der Waals surface area contributed by atoms with E-state index in [2.05, 4.69) is 39.2 Å². The van der Waals surface area contributed by atoms with Gasteiger partial charge in [0.1, 0.15) is 0 Å². The summed E-state index contributed by atoms with van der Waals surface area (Å²) in [7, 11) is 0. The van der Waals surface area contributed by atoms with Crippen LogP contribution in [0.5, 0.6) is 0 Å². The van der Waals surface area contributed by atoms with Crippen molar-refractivity contribution < 1.29 is 4.79 Å². The van der Waals surface area contributed by atoms with Crippen LogP contribution in [0.4, 0.5) is 0 Å². The molecule has 1 saturated heterocycles. The molecule has 1 aliphatic carbocycles. The first-order valence-corrected chi connectivity index (χ1v) is 10.1. The van der Waals surface area contributed by atoms with Gasteiger partial charge in [0.05, 0.1) is 17.5 Å². The molecule has 0 saturated carbocycles. The molecule has 2 aromatic heterocycles. The molecular weight excluding hydrogens is 350 g/mol. The van der Waals surface area contributed by atoms with Gasteiger partial charge in [0.2, 0.25) is 0 Å². The first-order chi connectivity index (χ1) is 13.7. The van der Waals surface area contributed by atoms with Gasteiger partial charge in [-0.15, -0.1) is 0 Å². The minimum Gasteiger partial charge on any atom is -0.336 e. The molecule has 2 aliphatic rings. The Balaban J connectivity index is 1.26. The molecule has 1 aliphatic heterocycles. The summed E-state index contributed by atoms with van der Waals surface area (Å²) >= 11 is 0. The molecule has 5 rings (SSSR count). The van der Waals surface area contributed by atoms with E-state index in [-0.39, 0.29) is 5.91 Å². The molecule has 0 unspecified atom stereocenters. The fourth-order valence-corrected chi connectivity index (χ4v) is 4.65. The molecule has 0 radical (unpaired) electrons. The lowest BCUT2D eigenvalue weighted by Crippen LogP contribution is -2.53. The van der Waals surface area contributed by atoms with Gasteiger partial charge >= 0.3 is 0 Å². The number of amides is 1. The van der Waals surface area contributed by atoms with Crippen molar-refractivity contribution in [3.63, 3.8) is 0 Å². The minimum absolute atomic E-state index is 0.0658. The zero-order chi connectivity index (χ0) is 19.1. The van der Waals surface area contributed by atoms with Crippen molar-refractivity contribution >= 4 is 11.6 Å². The van der Waals surface area contributed by atoms with E-state index in [9.17, 15) is 4.79 Å². The van der Waals surface area contributed by atoms with E-state index in [0.717, 1.165) is 50.4 Å². The van der Waals surface area contributed by atoms with E-state index in [1.807, 2.05) is 17.9 Å². The van der Waals surface area contributed by atoms with Gasteiger partial charge in [-0.3, -0.25) is 9.69 Å². The van der Waals surface area contributed by atoms with Gasteiger partial charge in [0.25, 0.3) is 5.91 Å². The van der Waals surface area contributed by atoms with Gasteiger partial charge in [0.15, 0.2) is 5.65 Å². The first-order valence-electron chi connectivity index (χ1n) is 10.1. The molecule has 3 heterocycles. The Hall–Kier alpha value is -2.73. The summed E-state index contributed by atoms with van der Waals surface area (Å²) in [5.41, 5.74) is 5.27. The standard InChI is InChI=1S/C22H25N5O/c1-16-20(15-23-21-8-9-24-27(16)21)22(28)26-12-10-25(11-13-26)19-7-6-17-4-2-3-5-18(17)14-19/h2-5,8-9,15,19H,6-7,10-14H2,1H3/t19-/m1/s1. The monoisotopic (exact) mass is 375 g/mol. The molecule has 6 nitrogen and oxygen atoms in total. The maximum atomic E-state index is 13.1. The zero-order valence-corrected chi connectivity index (χ0v) is 16.2. The van der Waals surface area contributed by atoms with Crippen LogP contribution in [0, 0.1) is 6.92 Å². The average molecular weight is 375 g/mol. The number of nitrogens with zero attached hydrogens (tertiary/aromatic N) is 5. The summed E-state index contributed by atoms with van der Waals surface area (Å²) in [5.74, 6) is 0.0658. The van der Waals surface area contributed by atoms with E-state index in [1.165, 1.54) is 17.5 Å². The largest absolute Gasteiger partial charge is 0.336 e. The molecule has 1 amide bonds. The molecule has 0 N–H and O–H groups in total. The number of fused-ring (bicyclic) bond motifs is 2. The van der Waals surface area contributed by atoms with Gasteiger partial charge in [-0.05, 0) is 37.3 Å². The minimum atomic E-state index is 0.0658. The van der Waals surface area contributed by atoms with Crippen molar-refractivity contribution in [3.8, 4) is 0 Å². The van der Waals surface area contributed by atoms with Crippen LogP contribution in [0.2, 0.25) is 0 Å². The SMILES string of the molecule is Cc1c(C(=O)N2CCN([C@@H]3CCc4ccccc4C3)CC2)cnc2ccnn12. The quantitative estimate of drug-likeness (QED) is 0.690.